The van der Waals surface area contributed by atoms with E-state index in [2.05, 4.69) is 0 Å². The van der Waals surface area contributed by atoms with Gasteiger partial charge in [0.05, 0.1) is 0 Å². The summed E-state index contributed by atoms with van der Waals surface area (Å²) in [6.07, 6.45) is 0.964. The molecule has 0 atom stereocenters. The molecule has 192 valence electrons. The van der Waals surface area contributed by atoms with Crippen LogP contribution in [0, 0.1) is 0 Å². The Labute approximate surface area is 228 Å². The molecule has 0 N–H and O–H groups in total. The molecule has 1 aliphatic rings. The van der Waals surface area contributed by atoms with Gasteiger partial charge in [0.1, 0.15) is 36.2 Å². The van der Waals surface area contributed by atoms with E-state index in [-0.39, 0.29) is 5.78 Å². The first kappa shape index (κ1) is 24.5. The molecule has 0 saturated carbocycles. The fourth-order valence-electron chi connectivity index (χ4n) is 4.77. The maximum absolute atomic E-state index is 13.3. The summed E-state index contributed by atoms with van der Waals surface area (Å²) in [5, 5.41) is 0. The number of hydrogen-bond donors (Lipinski definition) is 0. The molecule has 4 heteroatoms. The molecule has 6 rings (SSSR count). The topological polar surface area (TPSA) is 44.8 Å². The van der Waals surface area contributed by atoms with E-state index >= 15 is 0 Å². The molecule has 0 amide bonds. The first-order chi connectivity index (χ1) is 19.2. The third kappa shape index (κ3) is 5.70. The second-order valence-electron chi connectivity index (χ2n) is 9.55. The number of fused-ring (bicyclic) bond motifs is 4. The summed E-state index contributed by atoms with van der Waals surface area (Å²) in [7, 11) is 0. The van der Waals surface area contributed by atoms with Crippen molar-refractivity contribution in [2.75, 3.05) is 0 Å². The predicted molar refractivity (Wildman–Crippen MR) is 153 cm³/mol. The third-order valence-electron chi connectivity index (χ3n) is 6.85. The molecule has 0 unspecified atom stereocenters. The van der Waals surface area contributed by atoms with Gasteiger partial charge in [-0.3, -0.25) is 4.79 Å². The molecule has 0 fully saturated rings. The van der Waals surface area contributed by atoms with Crippen LogP contribution < -0.4 is 14.2 Å². The van der Waals surface area contributed by atoms with Crippen LogP contribution in [0.1, 0.15) is 33.5 Å². The van der Waals surface area contributed by atoms with Gasteiger partial charge in [0.2, 0.25) is 0 Å². The highest BCUT2D eigenvalue weighted by Gasteiger charge is 2.21. The quantitative estimate of drug-likeness (QED) is 0.229. The van der Waals surface area contributed by atoms with Gasteiger partial charge in [-0.1, -0.05) is 91.0 Å². The molecule has 0 aliphatic carbocycles. The van der Waals surface area contributed by atoms with Crippen molar-refractivity contribution >= 4 is 5.78 Å². The Bertz CT molecular complexity index is 1590. The van der Waals surface area contributed by atoms with Crippen LogP contribution in [-0.4, -0.2) is 5.78 Å². The van der Waals surface area contributed by atoms with Crippen molar-refractivity contribution in [1.29, 1.82) is 0 Å². The summed E-state index contributed by atoms with van der Waals surface area (Å²) in [5.74, 6) is 2.81. The Kier molecular flexibility index (Phi) is 7.09. The van der Waals surface area contributed by atoms with Crippen LogP contribution >= 0.6 is 0 Å². The van der Waals surface area contributed by atoms with E-state index in [1.807, 2.05) is 121 Å². The number of aryl methyl sites for hydroxylation is 1. The van der Waals surface area contributed by atoms with Crippen molar-refractivity contribution in [3.8, 4) is 34.1 Å². The van der Waals surface area contributed by atoms with E-state index in [1.165, 1.54) is 0 Å². The van der Waals surface area contributed by atoms with Crippen molar-refractivity contribution in [2.45, 2.75) is 26.1 Å². The maximum atomic E-state index is 13.3. The normalized spacial score (nSPS) is 12.4. The molecular weight excluding hydrogens is 484 g/mol. The smallest absolute Gasteiger partial charge is 0.163 e. The van der Waals surface area contributed by atoms with Gasteiger partial charge < -0.3 is 14.2 Å². The number of carbonyl (C=O) groups excluding carboxylic acids is 1. The van der Waals surface area contributed by atoms with Crippen molar-refractivity contribution < 1.29 is 19.0 Å². The number of carbonyl (C=O) groups is 1. The molecule has 1 heterocycles. The number of rotatable bonds is 6. The molecular formula is C35H28O4. The molecule has 5 aromatic rings. The molecule has 1 aliphatic heterocycles. The summed E-state index contributed by atoms with van der Waals surface area (Å²) in [5.41, 5.74) is 5.52. The average Bonchev–Trinajstić information content (AvgIpc) is 2.99. The Hall–Kier alpha value is -4.83. The van der Waals surface area contributed by atoms with Crippen molar-refractivity contribution in [1.82, 2.24) is 0 Å². The number of hydrogen-bond acceptors (Lipinski definition) is 4. The van der Waals surface area contributed by atoms with E-state index in [4.69, 9.17) is 14.2 Å². The molecule has 0 spiro atoms. The maximum Gasteiger partial charge on any atom is 0.163 e. The van der Waals surface area contributed by atoms with Crippen molar-refractivity contribution in [3.05, 3.63) is 144 Å². The fraction of sp³-hybridized carbons (Fsp3) is 0.114. The van der Waals surface area contributed by atoms with Crippen LogP contribution in [0.15, 0.2) is 121 Å². The number of benzene rings is 5. The van der Waals surface area contributed by atoms with E-state index in [0.29, 0.717) is 54.6 Å². The second-order valence-corrected chi connectivity index (χ2v) is 9.55. The monoisotopic (exact) mass is 512 g/mol. The fourth-order valence-corrected chi connectivity index (χ4v) is 4.77. The van der Waals surface area contributed by atoms with E-state index in [1.54, 1.807) is 0 Å². The first-order valence-electron chi connectivity index (χ1n) is 13.1. The summed E-state index contributed by atoms with van der Waals surface area (Å²) in [6, 6.07) is 39.5. The van der Waals surface area contributed by atoms with E-state index in [0.717, 1.165) is 27.8 Å². The zero-order valence-corrected chi connectivity index (χ0v) is 21.5. The van der Waals surface area contributed by atoms with Crippen LogP contribution in [-0.2, 0) is 19.6 Å². The lowest BCUT2D eigenvalue weighted by Gasteiger charge is -2.20. The zero-order chi connectivity index (χ0) is 26.4. The van der Waals surface area contributed by atoms with E-state index < -0.39 is 0 Å². The van der Waals surface area contributed by atoms with Gasteiger partial charge in [-0.25, -0.2) is 0 Å². The third-order valence-corrected chi connectivity index (χ3v) is 6.85. The highest BCUT2D eigenvalue weighted by Crippen LogP contribution is 2.41. The Morgan fingerprint density at radius 3 is 1.77 bits per heavy atom. The van der Waals surface area contributed by atoms with Gasteiger partial charge in [-0.15, -0.1) is 0 Å². The van der Waals surface area contributed by atoms with E-state index in [9.17, 15) is 4.79 Å². The van der Waals surface area contributed by atoms with Crippen LogP contribution in [0.4, 0.5) is 0 Å². The minimum atomic E-state index is 0.109. The van der Waals surface area contributed by atoms with Crippen LogP contribution in [0.3, 0.4) is 0 Å². The van der Waals surface area contributed by atoms with Crippen molar-refractivity contribution in [2.24, 2.45) is 0 Å². The van der Waals surface area contributed by atoms with Crippen molar-refractivity contribution in [3.63, 3.8) is 0 Å². The summed E-state index contributed by atoms with van der Waals surface area (Å²) in [4.78, 5) is 13.3. The van der Waals surface area contributed by atoms with Gasteiger partial charge in [-0.05, 0) is 46.9 Å². The summed E-state index contributed by atoms with van der Waals surface area (Å²) < 4.78 is 18.8. The number of ketones is 1. The SMILES string of the molecule is O=C1CCc2ccc(OCc3ccccc3)cc2Oc2cc(OCc3ccccc3)ccc2-c2ccccc21. The first-order valence-corrected chi connectivity index (χ1v) is 13.1. The number of Topliss-reactive ketones (excluding diaryl/α,β-unsaturated/α-hetero) is 1. The average molecular weight is 513 g/mol. The summed E-state index contributed by atoms with van der Waals surface area (Å²) >= 11 is 0. The minimum Gasteiger partial charge on any atom is -0.489 e. The molecule has 39 heavy (non-hydrogen) atoms. The largest absolute Gasteiger partial charge is 0.489 e. The second kappa shape index (κ2) is 11.3. The molecule has 0 aromatic heterocycles. The molecule has 4 nitrogen and oxygen atoms in total. The highest BCUT2D eigenvalue weighted by atomic mass is 16.5. The van der Waals surface area contributed by atoms with Crippen LogP contribution in [0.25, 0.3) is 11.1 Å². The van der Waals surface area contributed by atoms with Gasteiger partial charge in [0.25, 0.3) is 0 Å². The lowest BCUT2D eigenvalue weighted by Crippen LogP contribution is -2.07. The minimum absolute atomic E-state index is 0.109. The lowest BCUT2D eigenvalue weighted by atomic mass is 9.93. The molecule has 0 bridgehead atoms. The van der Waals surface area contributed by atoms with Crippen LogP contribution in [0.2, 0.25) is 0 Å². The van der Waals surface area contributed by atoms with Gasteiger partial charge in [0, 0.05) is 29.7 Å². The number of ether oxygens (including phenoxy) is 3. The molecule has 0 saturated heterocycles. The predicted octanol–water partition coefficient (Wildman–Crippen LogP) is 8.43. The highest BCUT2D eigenvalue weighted by molar-refractivity contribution is 6.03. The Morgan fingerprint density at radius 1 is 0.538 bits per heavy atom. The standard InChI is InChI=1S/C35H28O4/c36-33-20-16-27-15-17-28(37-23-25-9-3-1-4-10-25)21-34(27)39-35-22-29(38-24-26-11-5-2-6-12-26)18-19-32(35)30-13-7-8-14-31(30)33/h1-15,17-19,21-22H,16,20,23-24H2. The van der Waals surface area contributed by atoms with Gasteiger partial charge in [-0.2, -0.15) is 0 Å². The van der Waals surface area contributed by atoms with Gasteiger partial charge >= 0.3 is 0 Å². The lowest BCUT2D eigenvalue weighted by molar-refractivity contribution is 0.0983. The molecule has 5 aromatic carbocycles. The Morgan fingerprint density at radius 2 is 1.10 bits per heavy atom. The Balaban J connectivity index is 1.36. The summed E-state index contributed by atoms with van der Waals surface area (Å²) in [6.45, 7) is 0.905. The van der Waals surface area contributed by atoms with Crippen LogP contribution in [0.5, 0.6) is 23.0 Å². The molecule has 0 radical (unpaired) electrons. The van der Waals surface area contributed by atoms with Gasteiger partial charge in [0.15, 0.2) is 5.78 Å². The zero-order valence-electron chi connectivity index (χ0n) is 21.5.